The second-order valence-corrected chi connectivity index (χ2v) is 5.43. The molecule has 23 heavy (non-hydrogen) atoms. The van der Waals surface area contributed by atoms with Gasteiger partial charge in [-0.15, -0.1) is 0 Å². The molecule has 0 spiro atoms. The van der Waals surface area contributed by atoms with Crippen molar-refractivity contribution in [3.05, 3.63) is 48.5 Å². The van der Waals surface area contributed by atoms with E-state index in [4.69, 9.17) is 21.7 Å². The number of anilines is 1. The largest absolute Gasteiger partial charge is 0.436 e. The van der Waals surface area contributed by atoms with Crippen molar-refractivity contribution in [2.24, 2.45) is 0 Å². The van der Waals surface area contributed by atoms with Crippen molar-refractivity contribution in [1.29, 1.82) is 0 Å². The molecule has 0 aliphatic carbocycles. The Hall–Kier alpha value is -2.44. The molecule has 1 aromatic heterocycles. The molecular weight excluding hydrogens is 310 g/mol. The van der Waals surface area contributed by atoms with Crippen molar-refractivity contribution in [3.8, 4) is 11.5 Å². The van der Waals surface area contributed by atoms with Gasteiger partial charge in [0.2, 0.25) is 5.89 Å². The number of thiocarbonyl (C=S) groups is 1. The smallest absolute Gasteiger partial charge is 0.227 e. The van der Waals surface area contributed by atoms with Gasteiger partial charge in [-0.3, -0.25) is 0 Å². The third-order valence-electron chi connectivity index (χ3n) is 3.30. The van der Waals surface area contributed by atoms with Crippen LogP contribution in [0.3, 0.4) is 0 Å². The van der Waals surface area contributed by atoms with Crippen molar-refractivity contribution in [1.82, 2.24) is 10.3 Å². The lowest BCUT2D eigenvalue weighted by molar-refractivity contribution is 0.289. The normalized spacial score (nSPS) is 10.7. The van der Waals surface area contributed by atoms with Gasteiger partial charge in [-0.25, -0.2) is 4.98 Å². The van der Waals surface area contributed by atoms with Crippen LogP contribution in [0.1, 0.15) is 6.42 Å². The molecule has 2 aromatic carbocycles. The van der Waals surface area contributed by atoms with Crippen LogP contribution in [0.5, 0.6) is 0 Å². The van der Waals surface area contributed by atoms with Gasteiger partial charge in [0.1, 0.15) is 5.52 Å². The summed E-state index contributed by atoms with van der Waals surface area (Å²) in [4.78, 5) is 4.47. The highest BCUT2D eigenvalue weighted by Gasteiger charge is 2.07. The minimum absolute atomic E-state index is 0.148. The van der Waals surface area contributed by atoms with Crippen LogP contribution in [0, 0.1) is 0 Å². The summed E-state index contributed by atoms with van der Waals surface area (Å²) in [5.74, 6) is 0.599. The van der Waals surface area contributed by atoms with Crippen LogP contribution in [0.2, 0.25) is 0 Å². The molecule has 3 rings (SSSR count). The molecule has 118 valence electrons. The van der Waals surface area contributed by atoms with Crippen molar-refractivity contribution in [3.63, 3.8) is 0 Å². The highest BCUT2D eigenvalue weighted by atomic mass is 32.1. The number of nitrogens with zero attached hydrogens (tertiary/aromatic N) is 1. The molecular formula is C17H17N3O2S. The summed E-state index contributed by atoms with van der Waals surface area (Å²) < 4.78 is 5.75. The Morgan fingerprint density at radius 3 is 2.65 bits per heavy atom. The van der Waals surface area contributed by atoms with Crippen LogP contribution in [0.15, 0.2) is 52.9 Å². The minimum Gasteiger partial charge on any atom is -0.436 e. The second kappa shape index (κ2) is 7.21. The van der Waals surface area contributed by atoms with Crippen LogP contribution in [0.25, 0.3) is 22.6 Å². The van der Waals surface area contributed by atoms with E-state index in [2.05, 4.69) is 15.6 Å². The standard InChI is InChI=1S/C17H17N3O2S/c21-11-3-10-18-17(23)19-13-8-6-12(7-9-13)16-20-14-4-1-2-5-15(14)22-16/h1-2,4-9,21H,3,10-11H2,(H2,18,19,23). The molecule has 0 amide bonds. The quantitative estimate of drug-likeness (QED) is 0.494. The number of hydrogen-bond acceptors (Lipinski definition) is 4. The number of hydrogen-bond donors (Lipinski definition) is 3. The molecule has 3 aromatic rings. The number of aliphatic hydroxyl groups excluding tert-OH is 1. The Labute approximate surface area is 139 Å². The Morgan fingerprint density at radius 2 is 1.91 bits per heavy atom. The van der Waals surface area contributed by atoms with Crippen LogP contribution < -0.4 is 10.6 Å². The minimum atomic E-state index is 0.148. The fraction of sp³-hybridized carbons (Fsp3) is 0.176. The average molecular weight is 327 g/mol. The first-order valence-corrected chi connectivity index (χ1v) is 7.79. The summed E-state index contributed by atoms with van der Waals surface area (Å²) in [6, 6.07) is 15.4. The van der Waals surface area contributed by atoms with Gasteiger partial charge in [-0.2, -0.15) is 0 Å². The highest BCUT2D eigenvalue weighted by Crippen LogP contribution is 2.25. The number of nitrogens with one attached hydrogen (secondary N) is 2. The van der Waals surface area contributed by atoms with Crippen molar-refractivity contribution >= 4 is 34.1 Å². The van der Waals surface area contributed by atoms with Crippen LogP contribution in [-0.2, 0) is 0 Å². The molecule has 0 fully saturated rings. The van der Waals surface area contributed by atoms with Gasteiger partial charge in [0.05, 0.1) is 0 Å². The van der Waals surface area contributed by atoms with Gasteiger partial charge in [-0.05, 0) is 55.0 Å². The topological polar surface area (TPSA) is 70.3 Å². The first-order chi connectivity index (χ1) is 11.3. The van der Waals surface area contributed by atoms with E-state index < -0.39 is 0 Å². The molecule has 0 aliphatic heterocycles. The van der Waals surface area contributed by atoms with Crippen molar-refractivity contribution < 1.29 is 9.52 Å². The first-order valence-electron chi connectivity index (χ1n) is 7.38. The van der Waals surface area contributed by atoms with Crippen molar-refractivity contribution in [2.75, 3.05) is 18.5 Å². The summed E-state index contributed by atoms with van der Waals surface area (Å²) in [6.45, 7) is 0.790. The number of para-hydroxylation sites is 2. The second-order valence-electron chi connectivity index (χ2n) is 5.02. The molecule has 0 aliphatic rings. The van der Waals surface area contributed by atoms with Gasteiger partial charge in [0.15, 0.2) is 10.7 Å². The van der Waals surface area contributed by atoms with Gasteiger partial charge >= 0.3 is 0 Å². The molecule has 0 radical (unpaired) electrons. The summed E-state index contributed by atoms with van der Waals surface area (Å²) in [7, 11) is 0. The van der Waals surface area contributed by atoms with E-state index in [0.29, 0.717) is 24.0 Å². The van der Waals surface area contributed by atoms with E-state index in [1.54, 1.807) is 0 Å². The van der Waals surface area contributed by atoms with E-state index >= 15 is 0 Å². The number of fused-ring (bicyclic) bond motifs is 1. The maximum absolute atomic E-state index is 8.74. The fourth-order valence-corrected chi connectivity index (χ4v) is 2.37. The average Bonchev–Trinajstić information content (AvgIpc) is 3.00. The Balaban J connectivity index is 1.68. The summed E-state index contributed by atoms with van der Waals surface area (Å²) in [6.07, 6.45) is 0.665. The molecule has 0 bridgehead atoms. The molecule has 0 unspecified atom stereocenters. The number of rotatable bonds is 5. The number of benzene rings is 2. The highest BCUT2D eigenvalue weighted by molar-refractivity contribution is 7.80. The zero-order valence-corrected chi connectivity index (χ0v) is 13.3. The molecule has 0 atom stereocenters. The molecule has 5 nitrogen and oxygen atoms in total. The van der Waals surface area contributed by atoms with Crippen LogP contribution >= 0.6 is 12.2 Å². The van der Waals surface area contributed by atoms with Crippen molar-refractivity contribution in [2.45, 2.75) is 6.42 Å². The fourth-order valence-electron chi connectivity index (χ4n) is 2.15. The Morgan fingerprint density at radius 1 is 1.13 bits per heavy atom. The molecule has 0 saturated heterocycles. The summed E-state index contributed by atoms with van der Waals surface area (Å²) in [5.41, 5.74) is 3.41. The Kier molecular flexibility index (Phi) is 4.85. The lowest BCUT2D eigenvalue weighted by Crippen LogP contribution is -2.29. The maximum Gasteiger partial charge on any atom is 0.227 e. The number of oxazole rings is 1. The molecule has 6 heteroatoms. The summed E-state index contributed by atoms with van der Waals surface area (Å²) >= 11 is 5.18. The first kappa shape index (κ1) is 15.5. The predicted molar refractivity (Wildman–Crippen MR) is 95.4 cm³/mol. The Bertz CT molecular complexity index is 766. The maximum atomic E-state index is 8.74. The third kappa shape index (κ3) is 3.85. The van der Waals surface area contributed by atoms with E-state index in [0.717, 1.165) is 22.4 Å². The molecule has 0 saturated carbocycles. The van der Waals surface area contributed by atoms with Gasteiger partial charge in [-0.1, -0.05) is 12.1 Å². The van der Waals surface area contributed by atoms with E-state index in [9.17, 15) is 0 Å². The van der Waals surface area contributed by atoms with Crippen LogP contribution in [0.4, 0.5) is 5.69 Å². The lowest BCUT2D eigenvalue weighted by Gasteiger charge is -2.10. The third-order valence-corrected chi connectivity index (χ3v) is 3.55. The number of aliphatic hydroxyl groups is 1. The number of aromatic nitrogens is 1. The SMILES string of the molecule is OCCCNC(=S)Nc1ccc(-c2nc3ccccc3o2)cc1. The van der Waals surface area contributed by atoms with Gasteiger partial charge in [0.25, 0.3) is 0 Å². The van der Waals surface area contributed by atoms with Crippen LogP contribution in [-0.4, -0.2) is 28.4 Å². The van der Waals surface area contributed by atoms with E-state index in [1.807, 2.05) is 48.5 Å². The van der Waals surface area contributed by atoms with Gasteiger partial charge < -0.3 is 20.2 Å². The monoisotopic (exact) mass is 327 g/mol. The van der Waals surface area contributed by atoms with E-state index in [1.165, 1.54) is 0 Å². The predicted octanol–water partition coefficient (Wildman–Crippen LogP) is 3.16. The molecule has 3 N–H and O–H groups in total. The van der Waals surface area contributed by atoms with E-state index in [-0.39, 0.29) is 6.61 Å². The van der Waals surface area contributed by atoms with Gasteiger partial charge in [0, 0.05) is 24.4 Å². The molecule has 1 heterocycles. The summed E-state index contributed by atoms with van der Waals surface area (Å²) in [5, 5.41) is 15.4. The zero-order chi connectivity index (χ0) is 16.1. The zero-order valence-electron chi connectivity index (χ0n) is 12.5. The lowest BCUT2D eigenvalue weighted by atomic mass is 10.2.